The van der Waals surface area contributed by atoms with E-state index >= 15 is 0 Å². The molecule has 2 aromatic rings. The fourth-order valence-corrected chi connectivity index (χ4v) is 1.67. The minimum Gasteiger partial charge on any atom is -0.316 e. The summed E-state index contributed by atoms with van der Waals surface area (Å²) >= 11 is 24.2. The average Bonchev–Trinajstić information content (AvgIpc) is 2.64. The number of halogens is 4. The Balaban J connectivity index is 0.000000382. The van der Waals surface area contributed by atoms with E-state index in [1.165, 1.54) is 18.9 Å². The lowest BCUT2D eigenvalue weighted by molar-refractivity contribution is -0.121. The van der Waals surface area contributed by atoms with Crippen LogP contribution in [0.5, 0.6) is 0 Å². The van der Waals surface area contributed by atoms with Crippen LogP contribution >= 0.6 is 62.7 Å². The largest absolute Gasteiger partial charge is 0.339 e. The quantitative estimate of drug-likeness (QED) is 0.279. The molecule has 164 valence electrons. The molecule has 3 heterocycles. The second-order valence-electron chi connectivity index (χ2n) is 5.40. The number of hydrogen-bond donors (Lipinski definition) is 2. The van der Waals surface area contributed by atoms with Gasteiger partial charge in [0.25, 0.3) is 5.56 Å². The van der Waals surface area contributed by atoms with Crippen molar-refractivity contribution >= 4 is 80.0 Å². The zero-order valence-corrected chi connectivity index (χ0v) is 20.7. The van der Waals surface area contributed by atoms with Gasteiger partial charge < -0.3 is 10.3 Å². The summed E-state index contributed by atoms with van der Waals surface area (Å²) in [5.74, 6) is -0.319. The van der Waals surface area contributed by atoms with Crippen molar-refractivity contribution in [3.8, 4) is 0 Å². The topological polar surface area (TPSA) is 117 Å². The number of hydrogen-bond acceptors (Lipinski definition) is 6. The molecule has 30 heavy (non-hydrogen) atoms. The van der Waals surface area contributed by atoms with E-state index < -0.39 is 5.20 Å². The van der Waals surface area contributed by atoms with Gasteiger partial charge in [-0.15, -0.1) is 0 Å². The van der Waals surface area contributed by atoms with Crippen LogP contribution < -0.4 is 10.9 Å². The molecule has 8 nitrogen and oxygen atoms in total. The van der Waals surface area contributed by atoms with E-state index in [4.69, 9.17) is 23.8 Å². The van der Waals surface area contributed by atoms with Gasteiger partial charge in [0.15, 0.2) is 0 Å². The van der Waals surface area contributed by atoms with Gasteiger partial charge in [-0.25, -0.2) is 15.0 Å². The first-order valence-electron chi connectivity index (χ1n) is 7.95. The maximum atomic E-state index is 10.7. The normalized spacial score (nSPS) is 14.7. The Morgan fingerprint density at radius 3 is 2.10 bits per heavy atom. The van der Waals surface area contributed by atoms with Crippen LogP contribution in [0, 0.1) is 19.8 Å². The van der Waals surface area contributed by atoms with Crippen LogP contribution in [0.25, 0.3) is 0 Å². The van der Waals surface area contributed by atoms with Gasteiger partial charge in [0.1, 0.15) is 10.1 Å². The van der Waals surface area contributed by atoms with Crippen molar-refractivity contribution in [3.05, 3.63) is 57.5 Å². The lowest BCUT2D eigenvalue weighted by Gasteiger charge is -2.11. The molecular formula is C16H18Cl4N5O3PS. The summed E-state index contributed by atoms with van der Waals surface area (Å²) in [5.41, 5.74) is 1.60. The van der Waals surface area contributed by atoms with Crippen molar-refractivity contribution in [3.63, 3.8) is 0 Å². The molecule has 2 N–H and O–H groups in total. The molecule has 1 unspecified atom stereocenters. The summed E-state index contributed by atoms with van der Waals surface area (Å²) in [6, 6.07) is 3.79. The van der Waals surface area contributed by atoms with Crippen molar-refractivity contribution in [2.75, 3.05) is 0 Å². The Bertz CT molecular complexity index is 954. The highest BCUT2D eigenvalue weighted by atomic mass is 36.0. The summed E-state index contributed by atoms with van der Waals surface area (Å²) in [6.45, 7) is 5.37. The van der Waals surface area contributed by atoms with Crippen LogP contribution in [0.4, 0.5) is 0 Å². The standard InChI is InChI=1S/C6H6ClN.C5H6N2OS.C5H6N2O.Cl3OP/c1-5-3-2-4-8-6(5)7;1-3-4(8)6-2-7-5(3)9;1-4-2-6-3-7-5(4)8;1-5(2,3)4/h2-4H,1H3;2-3H,1H3,(H,6,7,8,9);2-3H,1H3,(H,6,7,8);. The number of nitrogens with zero attached hydrogens (tertiary/aromatic N) is 3. The van der Waals surface area contributed by atoms with E-state index in [0.29, 0.717) is 15.7 Å². The Hall–Kier alpha value is -1.35. The van der Waals surface area contributed by atoms with Crippen LogP contribution in [-0.4, -0.2) is 32.2 Å². The van der Waals surface area contributed by atoms with Crippen LogP contribution in [0.1, 0.15) is 18.1 Å². The number of aromatic nitrogens is 3. The van der Waals surface area contributed by atoms with Gasteiger partial charge in [-0.05, 0) is 66.1 Å². The zero-order valence-electron chi connectivity index (χ0n) is 16.0. The number of aromatic amines is 1. The molecular weight excluding hydrogens is 515 g/mol. The first kappa shape index (κ1) is 28.6. The summed E-state index contributed by atoms with van der Waals surface area (Å²) in [6.07, 6.45) is 5.90. The first-order valence-corrected chi connectivity index (χ1v) is 13.2. The molecule has 0 saturated heterocycles. The van der Waals surface area contributed by atoms with Crippen molar-refractivity contribution in [1.82, 2.24) is 20.3 Å². The fourth-order valence-electron chi connectivity index (χ4n) is 1.39. The third-order valence-corrected chi connectivity index (χ3v) is 3.86. The highest BCUT2D eigenvalue weighted by Crippen LogP contribution is 2.61. The smallest absolute Gasteiger partial charge is 0.316 e. The molecule has 0 saturated carbocycles. The second-order valence-corrected chi connectivity index (χ2v) is 12.8. The lowest BCUT2D eigenvalue weighted by Crippen LogP contribution is -2.35. The molecule has 14 heteroatoms. The number of amides is 1. The SMILES string of the molecule is CC1C(=O)NC=NC1=S.Cc1cccnc1Cl.Cc1cnc[nH]c1=O.O=P(Cl)(Cl)Cl. The van der Waals surface area contributed by atoms with Crippen LogP contribution in [-0.2, 0) is 9.36 Å². The van der Waals surface area contributed by atoms with Gasteiger partial charge >= 0.3 is 5.20 Å². The van der Waals surface area contributed by atoms with Gasteiger partial charge in [-0.2, -0.15) is 0 Å². The number of aryl methyl sites for hydroxylation is 2. The summed E-state index contributed by atoms with van der Waals surface area (Å²) in [4.78, 5) is 35.4. The third-order valence-electron chi connectivity index (χ3n) is 3.00. The number of rotatable bonds is 0. The summed E-state index contributed by atoms with van der Waals surface area (Å²) in [7, 11) is 0. The van der Waals surface area contributed by atoms with E-state index in [-0.39, 0.29) is 17.4 Å². The second kappa shape index (κ2) is 14.6. The van der Waals surface area contributed by atoms with Crippen molar-refractivity contribution in [2.24, 2.45) is 10.9 Å². The first-order chi connectivity index (χ1) is 13.8. The minimum absolute atomic E-state index is 0.0694. The lowest BCUT2D eigenvalue weighted by atomic mass is 10.1. The summed E-state index contributed by atoms with van der Waals surface area (Å²) in [5, 5.41) is -0.188. The Kier molecular flexibility index (Phi) is 14.0. The van der Waals surface area contributed by atoms with Crippen molar-refractivity contribution in [2.45, 2.75) is 20.8 Å². The Labute approximate surface area is 198 Å². The van der Waals surface area contributed by atoms with E-state index in [9.17, 15) is 14.2 Å². The number of carbonyl (C=O) groups excluding carboxylic acids is 1. The minimum atomic E-state index is -3.22. The molecule has 0 radical (unpaired) electrons. The van der Waals surface area contributed by atoms with Gasteiger partial charge in [0, 0.05) is 18.0 Å². The highest BCUT2D eigenvalue weighted by Gasteiger charge is 2.18. The number of carbonyl (C=O) groups is 1. The van der Waals surface area contributed by atoms with Crippen LogP contribution in [0.2, 0.25) is 5.15 Å². The molecule has 3 rings (SSSR count). The van der Waals surface area contributed by atoms with Crippen molar-refractivity contribution in [1.29, 1.82) is 0 Å². The van der Waals surface area contributed by atoms with Gasteiger partial charge in [-0.3, -0.25) is 14.2 Å². The Morgan fingerprint density at radius 2 is 1.77 bits per heavy atom. The molecule has 2 aromatic heterocycles. The number of thiocarbonyl (C=S) groups is 1. The molecule has 0 aromatic carbocycles. The van der Waals surface area contributed by atoms with Crippen molar-refractivity contribution < 1.29 is 9.36 Å². The summed E-state index contributed by atoms with van der Waals surface area (Å²) < 4.78 is 9.51. The fraction of sp³-hybridized carbons (Fsp3) is 0.250. The molecule has 0 fully saturated rings. The maximum absolute atomic E-state index is 10.7. The zero-order chi connectivity index (χ0) is 23.3. The predicted octanol–water partition coefficient (Wildman–Crippen LogP) is 5.04. The van der Waals surface area contributed by atoms with E-state index in [1.54, 1.807) is 20.0 Å². The molecule has 1 atom stereocenters. The number of aliphatic imine (C=N–C) groups is 1. The molecule has 1 aliphatic rings. The molecule has 0 spiro atoms. The number of pyridine rings is 1. The Morgan fingerprint density at radius 1 is 1.17 bits per heavy atom. The number of nitrogens with one attached hydrogen (secondary N) is 2. The average molecular weight is 533 g/mol. The van der Waals surface area contributed by atoms with E-state index in [2.05, 4.69) is 59.0 Å². The van der Waals surface area contributed by atoms with Gasteiger partial charge in [0.2, 0.25) is 5.91 Å². The third kappa shape index (κ3) is 14.6. The van der Waals surface area contributed by atoms with E-state index in [1.807, 2.05) is 19.1 Å². The molecule has 1 aliphatic heterocycles. The maximum Gasteiger partial charge on any atom is 0.339 e. The molecule has 0 bridgehead atoms. The van der Waals surface area contributed by atoms with Gasteiger partial charge in [-0.1, -0.05) is 29.9 Å². The van der Waals surface area contributed by atoms with E-state index in [0.717, 1.165) is 5.56 Å². The number of H-pyrrole nitrogens is 1. The van der Waals surface area contributed by atoms with Crippen LogP contribution in [0.3, 0.4) is 0 Å². The monoisotopic (exact) mass is 531 g/mol. The molecule has 0 aliphatic carbocycles. The van der Waals surface area contributed by atoms with Gasteiger partial charge in [0.05, 0.1) is 18.6 Å². The highest BCUT2D eigenvalue weighted by molar-refractivity contribution is 8.24. The predicted molar refractivity (Wildman–Crippen MR) is 127 cm³/mol. The van der Waals surface area contributed by atoms with Crippen LogP contribution in [0.15, 0.2) is 40.6 Å². The molecule has 1 amide bonds.